The highest BCUT2D eigenvalue weighted by Crippen LogP contribution is 2.32. The molecule has 0 aliphatic rings. The first-order valence-electron chi connectivity index (χ1n) is 5.42. The molecule has 0 fully saturated rings. The van der Waals surface area contributed by atoms with Gasteiger partial charge in [-0.25, -0.2) is 0 Å². The molecule has 17 heavy (non-hydrogen) atoms. The van der Waals surface area contributed by atoms with Crippen LogP contribution in [0.4, 0.5) is 11.4 Å². The third kappa shape index (κ3) is 1.22. The van der Waals surface area contributed by atoms with Gasteiger partial charge in [-0.3, -0.25) is 0 Å². The van der Waals surface area contributed by atoms with Gasteiger partial charge in [0.15, 0.2) is 0 Å². The Labute approximate surface area is 98.9 Å². The second kappa shape index (κ2) is 3.28. The van der Waals surface area contributed by atoms with E-state index >= 15 is 0 Å². The van der Waals surface area contributed by atoms with Crippen molar-refractivity contribution in [2.45, 2.75) is 0 Å². The number of rotatable bonds is 1. The zero-order valence-electron chi connectivity index (χ0n) is 9.35. The van der Waals surface area contributed by atoms with Gasteiger partial charge in [0.2, 0.25) is 0 Å². The molecule has 84 valence electrons. The van der Waals surface area contributed by atoms with Crippen LogP contribution in [0.15, 0.2) is 43.0 Å². The van der Waals surface area contributed by atoms with Crippen LogP contribution in [-0.2, 0) is 0 Å². The second-order valence-corrected chi connectivity index (χ2v) is 4.07. The first kappa shape index (κ1) is 9.78. The van der Waals surface area contributed by atoms with Crippen LogP contribution in [0.3, 0.4) is 0 Å². The fraction of sp³-hybridized carbons (Fsp3) is 0. The maximum atomic E-state index is 5.87. The maximum absolute atomic E-state index is 5.87. The largest absolute Gasteiger partial charge is 0.397 e. The van der Waals surface area contributed by atoms with Gasteiger partial charge in [0.05, 0.1) is 22.4 Å². The number of nitrogens with zero attached hydrogens (tertiary/aromatic N) is 1. The summed E-state index contributed by atoms with van der Waals surface area (Å²) in [4.78, 5) is 0. The summed E-state index contributed by atoms with van der Waals surface area (Å²) < 4.78 is 2.03. The summed E-state index contributed by atoms with van der Waals surface area (Å²) in [7, 11) is 0. The van der Waals surface area contributed by atoms with Crippen LogP contribution in [0.25, 0.3) is 28.0 Å². The van der Waals surface area contributed by atoms with Gasteiger partial charge in [-0.15, -0.1) is 0 Å². The molecule has 0 amide bonds. The number of nitrogens with two attached hydrogens (primary N) is 2. The van der Waals surface area contributed by atoms with Gasteiger partial charge in [-0.1, -0.05) is 24.8 Å². The van der Waals surface area contributed by atoms with Crippen LogP contribution in [0.2, 0.25) is 0 Å². The Morgan fingerprint density at radius 2 is 1.65 bits per heavy atom. The monoisotopic (exact) mass is 223 g/mol. The van der Waals surface area contributed by atoms with Crippen molar-refractivity contribution in [3.8, 4) is 0 Å². The first-order chi connectivity index (χ1) is 8.22. The van der Waals surface area contributed by atoms with Crippen LogP contribution in [-0.4, -0.2) is 4.57 Å². The smallest absolute Gasteiger partial charge is 0.0569 e. The second-order valence-electron chi connectivity index (χ2n) is 4.07. The molecule has 0 saturated heterocycles. The van der Waals surface area contributed by atoms with Crippen LogP contribution in [0.1, 0.15) is 0 Å². The van der Waals surface area contributed by atoms with E-state index in [0.29, 0.717) is 11.4 Å². The Morgan fingerprint density at radius 3 is 2.41 bits per heavy atom. The number of hydrogen-bond donors (Lipinski definition) is 2. The molecule has 0 saturated carbocycles. The van der Waals surface area contributed by atoms with Crippen molar-refractivity contribution >= 4 is 39.4 Å². The van der Waals surface area contributed by atoms with Gasteiger partial charge in [0, 0.05) is 17.0 Å². The quantitative estimate of drug-likeness (QED) is 0.623. The number of benzene rings is 2. The van der Waals surface area contributed by atoms with Crippen molar-refractivity contribution in [3.05, 3.63) is 43.0 Å². The Kier molecular flexibility index (Phi) is 1.89. The molecule has 4 N–H and O–H groups in total. The number of nitrogen functional groups attached to an aromatic ring is 2. The fourth-order valence-electron chi connectivity index (χ4n) is 2.27. The van der Waals surface area contributed by atoms with E-state index in [0.717, 1.165) is 21.8 Å². The van der Waals surface area contributed by atoms with Gasteiger partial charge in [0.1, 0.15) is 0 Å². The summed E-state index contributed by atoms with van der Waals surface area (Å²) in [5, 5.41) is 2.27. The zero-order valence-corrected chi connectivity index (χ0v) is 9.35. The molecule has 0 atom stereocenters. The molecule has 3 rings (SSSR count). The van der Waals surface area contributed by atoms with E-state index in [1.165, 1.54) is 0 Å². The Balaban J connectivity index is 2.63. The molecule has 3 heteroatoms. The zero-order chi connectivity index (χ0) is 12.0. The lowest BCUT2D eigenvalue weighted by atomic mass is 10.1. The lowest BCUT2D eigenvalue weighted by molar-refractivity contribution is 1.30. The third-order valence-electron chi connectivity index (χ3n) is 3.10. The number of hydrogen-bond acceptors (Lipinski definition) is 2. The average Bonchev–Trinajstić information content (AvgIpc) is 2.63. The van der Waals surface area contributed by atoms with E-state index in [1.807, 2.05) is 28.8 Å². The van der Waals surface area contributed by atoms with Crippen LogP contribution < -0.4 is 11.5 Å². The molecule has 1 aromatic heterocycles. The van der Waals surface area contributed by atoms with Crippen molar-refractivity contribution in [1.29, 1.82) is 0 Å². The van der Waals surface area contributed by atoms with E-state index in [-0.39, 0.29) is 0 Å². The molecule has 0 spiro atoms. The molecular formula is C14H13N3. The summed E-state index contributed by atoms with van der Waals surface area (Å²) in [6.45, 7) is 3.85. The van der Waals surface area contributed by atoms with Crippen molar-refractivity contribution in [2.24, 2.45) is 0 Å². The van der Waals surface area contributed by atoms with Gasteiger partial charge in [-0.2, -0.15) is 0 Å². The summed E-state index contributed by atoms with van der Waals surface area (Å²) in [5.74, 6) is 0. The lowest BCUT2D eigenvalue weighted by Gasteiger charge is -2.02. The van der Waals surface area contributed by atoms with E-state index in [9.17, 15) is 0 Å². The summed E-state index contributed by atoms with van der Waals surface area (Å²) in [5.41, 5.74) is 15.1. The molecule has 1 heterocycles. The van der Waals surface area contributed by atoms with Gasteiger partial charge in [-0.05, 0) is 18.2 Å². The molecule has 3 aromatic rings. The first-order valence-corrected chi connectivity index (χ1v) is 5.42. The Bertz CT molecular complexity index is 738. The van der Waals surface area contributed by atoms with Crippen LogP contribution in [0, 0.1) is 0 Å². The van der Waals surface area contributed by atoms with E-state index in [4.69, 9.17) is 11.5 Å². The topological polar surface area (TPSA) is 57.0 Å². The van der Waals surface area contributed by atoms with Crippen LogP contribution in [0.5, 0.6) is 0 Å². The minimum absolute atomic E-state index is 0.600. The van der Waals surface area contributed by atoms with E-state index in [2.05, 4.69) is 18.7 Å². The molecule has 0 unspecified atom stereocenters. The van der Waals surface area contributed by atoms with E-state index in [1.54, 1.807) is 6.20 Å². The molecule has 0 aliphatic heterocycles. The molecule has 0 aliphatic carbocycles. The van der Waals surface area contributed by atoms with Crippen molar-refractivity contribution in [3.63, 3.8) is 0 Å². The van der Waals surface area contributed by atoms with E-state index < -0.39 is 0 Å². The van der Waals surface area contributed by atoms with Gasteiger partial charge >= 0.3 is 0 Å². The summed E-state index contributed by atoms with van der Waals surface area (Å²) >= 11 is 0. The number of fused-ring (bicyclic) bond motifs is 3. The Morgan fingerprint density at radius 1 is 0.941 bits per heavy atom. The minimum atomic E-state index is 0.600. The molecular weight excluding hydrogens is 210 g/mol. The van der Waals surface area contributed by atoms with Crippen molar-refractivity contribution in [2.75, 3.05) is 11.5 Å². The highest BCUT2D eigenvalue weighted by Gasteiger charge is 2.09. The lowest BCUT2D eigenvalue weighted by Crippen LogP contribution is -1.94. The predicted molar refractivity (Wildman–Crippen MR) is 74.7 cm³/mol. The molecule has 0 bridgehead atoms. The Hall–Kier alpha value is -2.42. The molecule has 3 nitrogen and oxygen atoms in total. The van der Waals surface area contributed by atoms with Crippen molar-refractivity contribution in [1.82, 2.24) is 4.57 Å². The maximum Gasteiger partial charge on any atom is 0.0569 e. The molecule has 2 aromatic carbocycles. The number of para-hydroxylation sites is 1. The highest BCUT2D eigenvalue weighted by atomic mass is 15.0. The molecule has 0 radical (unpaired) electrons. The standard InChI is InChI=1S/C14H13N3/c1-2-17-13-6-4-3-5-9(13)10-7-11(15)12(16)8-14(10)17/h2-8H,1,15-16H2. The highest BCUT2D eigenvalue weighted by molar-refractivity contribution is 6.11. The fourth-order valence-corrected chi connectivity index (χ4v) is 2.27. The average molecular weight is 223 g/mol. The van der Waals surface area contributed by atoms with Gasteiger partial charge < -0.3 is 16.0 Å². The predicted octanol–water partition coefficient (Wildman–Crippen LogP) is 3.06. The summed E-state index contributed by atoms with van der Waals surface area (Å²) in [6, 6.07) is 12.0. The minimum Gasteiger partial charge on any atom is -0.397 e. The summed E-state index contributed by atoms with van der Waals surface area (Å²) in [6.07, 6.45) is 1.79. The third-order valence-corrected chi connectivity index (χ3v) is 3.10. The normalized spacial score (nSPS) is 11.1. The number of aromatic nitrogens is 1. The van der Waals surface area contributed by atoms with Gasteiger partial charge in [0.25, 0.3) is 0 Å². The SMILES string of the molecule is C=Cn1c2ccccc2c2cc(N)c(N)cc21. The van der Waals surface area contributed by atoms with Crippen molar-refractivity contribution < 1.29 is 0 Å². The van der Waals surface area contributed by atoms with Crippen LogP contribution >= 0.6 is 0 Å². The number of anilines is 2.